The Morgan fingerprint density at radius 1 is 1.03 bits per heavy atom. The minimum absolute atomic E-state index is 0.441. The Balaban J connectivity index is 1.42. The van der Waals surface area contributed by atoms with E-state index in [9.17, 15) is 0 Å². The highest BCUT2D eigenvalue weighted by Gasteiger charge is 2.11. The van der Waals surface area contributed by atoms with Crippen LogP contribution in [0, 0.1) is 0 Å². The summed E-state index contributed by atoms with van der Waals surface area (Å²) in [6, 6.07) is 15.5. The molecule has 0 fully saturated rings. The average Bonchev–Trinajstić information content (AvgIpc) is 3.28. The lowest BCUT2D eigenvalue weighted by Gasteiger charge is -2.10. The number of aromatic nitrogens is 4. The van der Waals surface area contributed by atoms with E-state index in [1.165, 1.54) is 6.33 Å². The summed E-state index contributed by atoms with van der Waals surface area (Å²) in [4.78, 5) is 10.8. The van der Waals surface area contributed by atoms with Crippen molar-refractivity contribution in [2.24, 2.45) is 10.2 Å². The fourth-order valence-electron chi connectivity index (χ4n) is 3.29. The molecule has 0 bridgehead atoms. The highest BCUT2D eigenvalue weighted by Crippen LogP contribution is 2.25. The van der Waals surface area contributed by atoms with E-state index in [0.717, 1.165) is 41.1 Å². The van der Waals surface area contributed by atoms with E-state index < -0.39 is 0 Å². The number of rotatable bonds is 10. The summed E-state index contributed by atoms with van der Waals surface area (Å²) in [6.07, 6.45) is 4.16. The zero-order chi connectivity index (χ0) is 23.0. The molecule has 0 spiro atoms. The fourth-order valence-corrected chi connectivity index (χ4v) is 3.29. The molecule has 0 amide bonds. The second-order valence-electron chi connectivity index (χ2n) is 7.74. The smallest absolute Gasteiger partial charge is 0.188 e. The molecule has 33 heavy (non-hydrogen) atoms. The van der Waals surface area contributed by atoms with Crippen LogP contribution in [-0.4, -0.2) is 59.0 Å². The van der Waals surface area contributed by atoms with Crippen LogP contribution in [0.5, 0.6) is 11.5 Å². The first kappa shape index (κ1) is 22.3. The molecule has 2 aromatic carbocycles. The second kappa shape index (κ2) is 10.6. The SMILES string of the molecule is COc1cccc(-n2ncc3c(N=NCc4ccc(OCCCN(C)C)cc4)ncnc32)c1. The van der Waals surface area contributed by atoms with Crippen LogP contribution in [-0.2, 0) is 6.54 Å². The molecule has 2 aromatic heterocycles. The minimum Gasteiger partial charge on any atom is -0.497 e. The van der Waals surface area contributed by atoms with Crippen LogP contribution in [0.2, 0.25) is 0 Å². The van der Waals surface area contributed by atoms with Gasteiger partial charge in [0.05, 0.1) is 37.5 Å². The first-order chi connectivity index (χ1) is 16.1. The van der Waals surface area contributed by atoms with Crippen LogP contribution in [0.1, 0.15) is 12.0 Å². The van der Waals surface area contributed by atoms with Gasteiger partial charge in [0.2, 0.25) is 0 Å². The monoisotopic (exact) mass is 445 g/mol. The molecule has 0 unspecified atom stereocenters. The molecule has 0 N–H and O–H groups in total. The third kappa shape index (κ3) is 5.69. The van der Waals surface area contributed by atoms with Crippen LogP contribution in [0.15, 0.2) is 71.3 Å². The first-order valence-corrected chi connectivity index (χ1v) is 10.7. The lowest BCUT2D eigenvalue weighted by Crippen LogP contribution is -2.15. The molecule has 0 saturated heterocycles. The molecule has 0 atom stereocenters. The normalized spacial score (nSPS) is 11.5. The van der Waals surface area contributed by atoms with Crippen molar-refractivity contribution in [1.82, 2.24) is 24.6 Å². The number of methoxy groups -OCH3 is 1. The number of hydrogen-bond donors (Lipinski definition) is 0. The zero-order valence-electron chi connectivity index (χ0n) is 19.0. The van der Waals surface area contributed by atoms with Crippen molar-refractivity contribution >= 4 is 16.9 Å². The molecule has 170 valence electrons. The van der Waals surface area contributed by atoms with E-state index in [1.807, 2.05) is 48.5 Å². The topological polar surface area (TPSA) is 90.0 Å². The summed E-state index contributed by atoms with van der Waals surface area (Å²) in [5.74, 6) is 2.09. The van der Waals surface area contributed by atoms with Gasteiger partial charge < -0.3 is 14.4 Å². The summed E-state index contributed by atoms with van der Waals surface area (Å²) in [5.41, 5.74) is 2.54. The molecule has 9 nitrogen and oxygen atoms in total. The Labute approximate surface area is 192 Å². The van der Waals surface area contributed by atoms with Crippen LogP contribution in [0.4, 0.5) is 5.82 Å². The van der Waals surface area contributed by atoms with E-state index in [0.29, 0.717) is 24.6 Å². The van der Waals surface area contributed by atoms with E-state index in [2.05, 4.69) is 44.3 Å². The standard InChI is InChI=1S/C24H27N7O2/c1-30(2)12-5-13-33-20-10-8-18(9-11-20)15-27-29-23-22-16-28-31(24(22)26-17-25-23)19-6-4-7-21(14-19)32-3/h4,6-11,14,16-17H,5,12-13,15H2,1-3H3. The highest BCUT2D eigenvalue weighted by molar-refractivity contribution is 5.85. The third-order valence-corrected chi connectivity index (χ3v) is 5.00. The van der Waals surface area contributed by atoms with Crippen molar-refractivity contribution in [3.8, 4) is 17.2 Å². The molecule has 4 rings (SSSR count). The predicted molar refractivity (Wildman–Crippen MR) is 127 cm³/mol. The summed E-state index contributed by atoms with van der Waals surface area (Å²) in [7, 11) is 5.75. The Kier molecular flexibility index (Phi) is 7.21. The molecule has 0 aliphatic carbocycles. The second-order valence-corrected chi connectivity index (χ2v) is 7.74. The highest BCUT2D eigenvalue weighted by atomic mass is 16.5. The lowest BCUT2D eigenvalue weighted by atomic mass is 10.2. The largest absolute Gasteiger partial charge is 0.497 e. The number of hydrogen-bond acceptors (Lipinski definition) is 8. The van der Waals surface area contributed by atoms with Gasteiger partial charge in [-0.25, -0.2) is 14.6 Å². The molecular formula is C24H27N7O2. The number of benzene rings is 2. The molecule has 0 saturated carbocycles. The van der Waals surface area contributed by atoms with Crippen LogP contribution in [0.25, 0.3) is 16.7 Å². The van der Waals surface area contributed by atoms with Gasteiger partial charge in [-0.1, -0.05) is 18.2 Å². The van der Waals surface area contributed by atoms with E-state index in [4.69, 9.17) is 9.47 Å². The van der Waals surface area contributed by atoms with Crippen LogP contribution >= 0.6 is 0 Å². The van der Waals surface area contributed by atoms with Crippen molar-refractivity contribution in [3.63, 3.8) is 0 Å². The van der Waals surface area contributed by atoms with Gasteiger partial charge in [-0.05, 0) is 50.3 Å². The zero-order valence-corrected chi connectivity index (χ0v) is 19.0. The van der Waals surface area contributed by atoms with Crippen molar-refractivity contribution in [2.75, 3.05) is 34.4 Å². The minimum atomic E-state index is 0.441. The quantitative estimate of drug-likeness (QED) is 0.265. The van der Waals surface area contributed by atoms with E-state index in [1.54, 1.807) is 18.0 Å². The Morgan fingerprint density at radius 2 is 1.88 bits per heavy atom. The first-order valence-electron chi connectivity index (χ1n) is 10.7. The van der Waals surface area contributed by atoms with Gasteiger partial charge in [0.15, 0.2) is 11.5 Å². The number of nitrogens with zero attached hydrogens (tertiary/aromatic N) is 7. The van der Waals surface area contributed by atoms with Crippen molar-refractivity contribution in [1.29, 1.82) is 0 Å². The average molecular weight is 446 g/mol. The van der Waals surface area contributed by atoms with Gasteiger partial charge in [0, 0.05) is 12.6 Å². The van der Waals surface area contributed by atoms with Crippen LogP contribution in [0.3, 0.4) is 0 Å². The van der Waals surface area contributed by atoms with Crippen molar-refractivity contribution in [2.45, 2.75) is 13.0 Å². The molecule has 2 heterocycles. The summed E-state index contributed by atoms with van der Waals surface area (Å²) >= 11 is 0. The predicted octanol–water partition coefficient (Wildman–Crippen LogP) is 4.44. The van der Waals surface area contributed by atoms with Gasteiger partial charge in [-0.15, -0.1) is 5.11 Å². The summed E-state index contributed by atoms with van der Waals surface area (Å²) in [5, 5.41) is 13.8. The summed E-state index contributed by atoms with van der Waals surface area (Å²) in [6.45, 7) is 2.15. The van der Waals surface area contributed by atoms with E-state index >= 15 is 0 Å². The fraction of sp³-hybridized carbons (Fsp3) is 0.292. The molecule has 0 radical (unpaired) electrons. The maximum atomic E-state index is 5.77. The molecule has 4 aromatic rings. The Morgan fingerprint density at radius 3 is 2.67 bits per heavy atom. The van der Waals surface area contributed by atoms with Gasteiger partial charge >= 0.3 is 0 Å². The lowest BCUT2D eigenvalue weighted by molar-refractivity contribution is 0.281. The van der Waals surface area contributed by atoms with Crippen molar-refractivity contribution < 1.29 is 9.47 Å². The Bertz CT molecular complexity index is 1220. The summed E-state index contributed by atoms with van der Waals surface area (Å²) < 4.78 is 12.8. The third-order valence-electron chi connectivity index (χ3n) is 5.00. The van der Waals surface area contributed by atoms with Crippen molar-refractivity contribution in [3.05, 3.63) is 66.6 Å². The molecule has 0 aliphatic rings. The molecule has 0 aliphatic heterocycles. The maximum Gasteiger partial charge on any atom is 0.188 e. The van der Waals surface area contributed by atoms with Gasteiger partial charge in [-0.2, -0.15) is 10.2 Å². The molecule has 9 heteroatoms. The van der Waals surface area contributed by atoms with Crippen LogP contribution < -0.4 is 9.47 Å². The van der Waals surface area contributed by atoms with E-state index in [-0.39, 0.29) is 0 Å². The van der Waals surface area contributed by atoms with Gasteiger partial charge in [0.1, 0.15) is 17.8 Å². The van der Waals surface area contributed by atoms with Gasteiger partial charge in [0.25, 0.3) is 0 Å². The number of fused-ring (bicyclic) bond motifs is 1. The van der Waals surface area contributed by atoms with Gasteiger partial charge in [-0.3, -0.25) is 0 Å². The Hall–Kier alpha value is -3.85. The maximum absolute atomic E-state index is 5.77. The molecular weight excluding hydrogens is 418 g/mol. The number of ether oxygens (including phenoxy) is 2. The number of azo groups is 1.